The molecule has 1 saturated carbocycles. The summed E-state index contributed by atoms with van der Waals surface area (Å²) in [6, 6.07) is 6.20. The number of ether oxygens (including phenoxy) is 1. The molecule has 0 amide bonds. The van der Waals surface area contributed by atoms with Gasteiger partial charge in [0.15, 0.2) is 11.5 Å². The smallest absolute Gasteiger partial charge is 0.328 e. The minimum Gasteiger partial charge on any atom is -0.459 e. The third kappa shape index (κ3) is 4.41. The van der Waals surface area contributed by atoms with Crippen LogP contribution in [0, 0.1) is 5.82 Å². The van der Waals surface area contributed by atoms with Crippen LogP contribution in [0.2, 0.25) is 5.02 Å². The summed E-state index contributed by atoms with van der Waals surface area (Å²) >= 11 is 6.30. The Bertz CT molecular complexity index is 1160. The Morgan fingerprint density at radius 3 is 2.62 bits per heavy atom. The Hall–Kier alpha value is -2.74. The average Bonchev–Trinajstić information content (AvgIpc) is 3.12. The van der Waals surface area contributed by atoms with Gasteiger partial charge in [0.05, 0.1) is 5.41 Å². The highest BCUT2D eigenvalue weighted by molar-refractivity contribution is 6.31. The van der Waals surface area contributed by atoms with Crippen LogP contribution in [0.4, 0.5) is 4.39 Å². The molecular formula is C23H26ClFN4O3. The molecule has 32 heavy (non-hydrogen) atoms. The molecule has 0 bridgehead atoms. The monoisotopic (exact) mass is 460 g/mol. The molecule has 0 atom stereocenters. The van der Waals surface area contributed by atoms with Gasteiger partial charge in [-0.25, -0.2) is 4.39 Å². The van der Waals surface area contributed by atoms with E-state index in [9.17, 15) is 9.18 Å². The summed E-state index contributed by atoms with van der Waals surface area (Å²) in [5.41, 5.74) is 1.07. The van der Waals surface area contributed by atoms with E-state index in [-0.39, 0.29) is 30.1 Å². The maximum atomic E-state index is 13.5. The number of halogens is 2. The summed E-state index contributed by atoms with van der Waals surface area (Å²) in [5.74, 6) is 0.111. The number of esters is 1. The molecule has 0 saturated heterocycles. The molecule has 9 heteroatoms. The topological polar surface area (TPSA) is 83.0 Å². The fraction of sp³-hybridized carbons (Fsp3) is 0.478. The number of hydrogen-bond donors (Lipinski definition) is 0. The lowest BCUT2D eigenvalue weighted by Gasteiger charge is -2.20. The van der Waals surface area contributed by atoms with Crippen LogP contribution in [0.5, 0.6) is 0 Å². The van der Waals surface area contributed by atoms with E-state index in [0.717, 1.165) is 24.1 Å². The first-order valence-corrected chi connectivity index (χ1v) is 11.0. The van der Waals surface area contributed by atoms with E-state index in [2.05, 4.69) is 15.2 Å². The first-order chi connectivity index (χ1) is 15.0. The van der Waals surface area contributed by atoms with Gasteiger partial charge in [-0.1, -0.05) is 36.7 Å². The van der Waals surface area contributed by atoms with Crippen molar-refractivity contribution in [2.75, 3.05) is 0 Å². The van der Waals surface area contributed by atoms with Gasteiger partial charge in [0.25, 0.3) is 5.89 Å². The fourth-order valence-electron chi connectivity index (χ4n) is 3.76. The van der Waals surface area contributed by atoms with Crippen LogP contribution in [0.15, 0.2) is 28.8 Å². The Morgan fingerprint density at radius 2 is 2.03 bits per heavy atom. The van der Waals surface area contributed by atoms with Gasteiger partial charge in [-0.2, -0.15) is 10.1 Å². The van der Waals surface area contributed by atoms with Gasteiger partial charge in [-0.05, 0) is 63.3 Å². The SMILES string of the molecule is CC(C)c1cc(-c2nc(C3(c4ccc(F)cc4Cl)CC3)no2)nn1CC(=O)OC(C)(C)C. The number of benzene rings is 1. The van der Waals surface area contributed by atoms with E-state index in [1.54, 1.807) is 10.7 Å². The number of rotatable bonds is 6. The Balaban J connectivity index is 1.62. The van der Waals surface area contributed by atoms with Gasteiger partial charge in [-0.15, -0.1) is 0 Å². The van der Waals surface area contributed by atoms with Gasteiger partial charge < -0.3 is 9.26 Å². The lowest BCUT2D eigenvalue weighted by Crippen LogP contribution is -2.27. The Morgan fingerprint density at radius 1 is 1.31 bits per heavy atom. The zero-order chi connectivity index (χ0) is 23.3. The van der Waals surface area contributed by atoms with Crippen molar-refractivity contribution in [3.63, 3.8) is 0 Å². The van der Waals surface area contributed by atoms with E-state index in [0.29, 0.717) is 16.5 Å². The summed E-state index contributed by atoms with van der Waals surface area (Å²) in [5, 5.41) is 9.06. The first-order valence-electron chi connectivity index (χ1n) is 10.6. The van der Waals surface area contributed by atoms with Crippen LogP contribution in [-0.4, -0.2) is 31.5 Å². The summed E-state index contributed by atoms with van der Waals surface area (Å²) in [7, 11) is 0. The predicted molar refractivity (Wildman–Crippen MR) is 117 cm³/mol. The Labute approximate surface area is 190 Å². The number of aromatic nitrogens is 4. The van der Waals surface area contributed by atoms with Crippen molar-refractivity contribution >= 4 is 17.6 Å². The molecule has 1 aliphatic carbocycles. The standard InChI is InChI=1S/C23H26ClFN4O3/c1-13(2)18-11-17(27-29(18)12-19(30)31-22(3,4)5)20-26-21(28-32-20)23(8-9-23)15-7-6-14(25)10-16(15)24/h6-7,10-11,13H,8-9,12H2,1-5H3. The Kier molecular flexibility index (Phi) is 5.61. The number of carbonyl (C=O) groups excluding carboxylic acids is 1. The van der Waals surface area contributed by atoms with Crippen molar-refractivity contribution in [2.24, 2.45) is 0 Å². The lowest BCUT2D eigenvalue weighted by molar-refractivity contribution is -0.155. The van der Waals surface area contributed by atoms with Gasteiger partial charge >= 0.3 is 5.97 Å². The third-order valence-electron chi connectivity index (χ3n) is 5.37. The molecule has 1 aliphatic rings. The minimum absolute atomic E-state index is 0.0130. The van der Waals surface area contributed by atoms with Crippen LogP contribution in [0.1, 0.15) is 70.5 Å². The predicted octanol–water partition coefficient (Wildman–Crippen LogP) is 5.27. The maximum Gasteiger partial charge on any atom is 0.328 e. The maximum absolute atomic E-state index is 13.5. The molecule has 0 unspecified atom stereocenters. The fourth-order valence-corrected chi connectivity index (χ4v) is 4.11. The van der Waals surface area contributed by atoms with Crippen LogP contribution in [0.3, 0.4) is 0 Å². The van der Waals surface area contributed by atoms with E-state index >= 15 is 0 Å². The van der Waals surface area contributed by atoms with Crippen molar-refractivity contribution in [3.05, 3.63) is 52.2 Å². The van der Waals surface area contributed by atoms with Gasteiger partial charge in [0.2, 0.25) is 0 Å². The molecule has 1 aromatic carbocycles. The van der Waals surface area contributed by atoms with E-state index in [1.807, 2.05) is 40.7 Å². The number of carbonyl (C=O) groups is 1. The van der Waals surface area contributed by atoms with Crippen LogP contribution < -0.4 is 0 Å². The summed E-state index contributed by atoms with van der Waals surface area (Å²) in [6.45, 7) is 9.49. The van der Waals surface area contributed by atoms with Gasteiger partial charge in [-0.3, -0.25) is 9.48 Å². The molecule has 2 heterocycles. The second-order valence-electron chi connectivity index (χ2n) is 9.48. The molecule has 3 aromatic rings. The van der Waals surface area contributed by atoms with Crippen molar-refractivity contribution in [3.8, 4) is 11.6 Å². The largest absolute Gasteiger partial charge is 0.459 e. The van der Waals surface area contributed by atoms with Crippen LogP contribution >= 0.6 is 11.6 Å². The highest BCUT2D eigenvalue weighted by Gasteiger charge is 2.51. The summed E-state index contributed by atoms with van der Waals surface area (Å²) < 4.78 is 26.1. The molecule has 170 valence electrons. The molecule has 1 fully saturated rings. The van der Waals surface area contributed by atoms with Crippen molar-refractivity contribution in [2.45, 2.75) is 70.9 Å². The van der Waals surface area contributed by atoms with E-state index in [1.165, 1.54) is 12.1 Å². The lowest BCUT2D eigenvalue weighted by atomic mass is 9.95. The summed E-state index contributed by atoms with van der Waals surface area (Å²) in [6.07, 6.45) is 1.59. The second kappa shape index (κ2) is 7.99. The molecule has 4 rings (SSSR count). The molecule has 0 radical (unpaired) electrons. The minimum atomic E-state index is -0.577. The quantitative estimate of drug-likeness (QED) is 0.466. The van der Waals surface area contributed by atoms with Crippen molar-refractivity contribution in [1.29, 1.82) is 0 Å². The van der Waals surface area contributed by atoms with Gasteiger partial charge in [0.1, 0.15) is 18.0 Å². The first kappa shape index (κ1) is 22.5. The molecule has 7 nitrogen and oxygen atoms in total. The summed E-state index contributed by atoms with van der Waals surface area (Å²) in [4.78, 5) is 16.9. The van der Waals surface area contributed by atoms with Gasteiger partial charge in [0, 0.05) is 10.7 Å². The highest BCUT2D eigenvalue weighted by Crippen LogP contribution is 2.54. The third-order valence-corrected chi connectivity index (χ3v) is 5.68. The van der Waals surface area contributed by atoms with Crippen LogP contribution in [-0.2, 0) is 21.5 Å². The van der Waals surface area contributed by atoms with E-state index in [4.69, 9.17) is 20.9 Å². The average molecular weight is 461 g/mol. The van der Waals surface area contributed by atoms with Crippen molar-refractivity contribution < 1.29 is 18.4 Å². The zero-order valence-corrected chi connectivity index (χ0v) is 19.5. The number of hydrogen-bond acceptors (Lipinski definition) is 6. The molecule has 0 aliphatic heterocycles. The second-order valence-corrected chi connectivity index (χ2v) is 9.89. The van der Waals surface area contributed by atoms with Crippen LogP contribution in [0.25, 0.3) is 11.6 Å². The van der Waals surface area contributed by atoms with E-state index < -0.39 is 11.0 Å². The zero-order valence-electron chi connectivity index (χ0n) is 18.8. The molecule has 0 spiro atoms. The normalized spacial score (nSPS) is 15.2. The molecule has 0 N–H and O–H groups in total. The van der Waals surface area contributed by atoms with Crippen molar-refractivity contribution in [1.82, 2.24) is 19.9 Å². The molecule has 2 aromatic heterocycles. The molecular weight excluding hydrogens is 435 g/mol. The highest BCUT2D eigenvalue weighted by atomic mass is 35.5. The number of nitrogens with zero attached hydrogens (tertiary/aromatic N) is 4.